The molecule has 5 nitrogen and oxygen atoms in total. The molecule has 0 spiro atoms. The van der Waals surface area contributed by atoms with Crippen LogP contribution >= 0.6 is 15.9 Å². The first-order chi connectivity index (χ1) is 6.94. The summed E-state index contributed by atoms with van der Waals surface area (Å²) in [5.41, 5.74) is -0.861. The molecule has 1 aromatic rings. The molecule has 6 heteroatoms. The minimum absolute atomic E-state index is 0.229. The third-order valence-electron chi connectivity index (χ3n) is 2.50. The van der Waals surface area contributed by atoms with Crippen LogP contribution in [0.2, 0.25) is 0 Å². The van der Waals surface area contributed by atoms with Crippen molar-refractivity contribution < 1.29 is 15.1 Å². The highest BCUT2D eigenvalue weighted by Gasteiger charge is 2.43. The lowest BCUT2D eigenvalue weighted by Crippen LogP contribution is -2.05. The largest absolute Gasteiger partial charge is 0.501 e. The van der Waals surface area contributed by atoms with Gasteiger partial charge in [-0.05, 0) is 40.4 Å². The number of rotatable bonds is 2. The van der Waals surface area contributed by atoms with Gasteiger partial charge in [0.2, 0.25) is 5.75 Å². The molecule has 80 valence electrons. The van der Waals surface area contributed by atoms with E-state index in [0.717, 1.165) is 0 Å². The Morgan fingerprint density at radius 2 is 2.07 bits per heavy atom. The van der Waals surface area contributed by atoms with Crippen molar-refractivity contribution in [3.05, 3.63) is 32.3 Å². The van der Waals surface area contributed by atoms with E-state index in [9.17, 15) is 20.3 Å². The van der Waals surface area contributed by atoms with E-state index in [1.165, 1.54) is 12.1 Å². The number of nitrogens with zero attached hydrogens (tertiary/aromatic N) is 1. The molecule has 0 unspecified atom stereocenters. The zero-order valence-corrected chi connectivity index (χ0v) is 9.19. The zero-order valence-electron chi connectivity index (χ0n) is 7.61. The lowest BCUT2D eigenvalue weighted by molar-refractivity contribution is -0.386. The molecular formula is C9H8BrNO4. The molecular weight excluding hydrogens is 266 g/mol. The molecule has 15 heavy (non-hydrogen) atoms. The van der Waals surface area contributed by atoms with E-state index in [1.807, 2.05) is 0 Å². The summed E-state index contributed by atoms with van der Waals surface area (Å²) < 4.78 is 0.229. The van der Waals surface area contributed by atoms with Crippen molar-refractivity contribution in [2.75, 3.05) is 0 Å². The predicted octanol–water partition coefficient (Wildman–Crippen LogP) is 2.04. The van der Waals surface area contributed by atoms with Gasteiger partial charge in [-0.3, -0.25) is 10.1 Å². The average molecular weight is 274 g/mol. The quantitative estimate of drug-likeness (QED) is 0.638. The number of benzene rings is 1. The normalized spacial score (nSPS) is 17.5. The van der Waals surface area contributed by atoms with Gasteiger partial charge in [-0.2, -0.15) is 0 Å². The summed E-state index contributed by atoms with van der Waals surface area (Å²) in [6.45, 7) is 0. The second kappa shape index (κ2) is 3.18. The van der Waals surface area contributed by atoms with Gasteiger partial charge in [0.25, 0.3) is 0 Å². The summed E-state index contributed by atoms with van der Waals surface area (Å²) in [7, 11) is 0. The van der Waals surface area contributed by atoms with Gasteiger partial charge in [0.15, 0.2) is 0 Å². The van der Waals surface area contributed by atoms with E-state index in [0.29, 0.717) is 18.4 Å². The molecule has 0 atom stereocenters. The fourth-order valence-corrected chi connectivity index (χ4v) is 1.85. The Labute approximate surface area is 93.6 Å². The molecule has 0 heterocycles. The highest BCUT2D eigenvalue weighted by Crippen LogP contribution is 2.48. The molecule has 1 aliphatic carbocycles. The summed E-state index contributed by atoms with van der Waals surface area (Å²) in [6.07, 6.45) is 1.20. The maximum atomic E-state index is 10.6. The van der Waals surface area contributed by atoms with Crippen LogP contribution < -0.4 is 0 Å². The Bertz CT molecular complexity index is 442. The summed E-state index contributed by atoms with van der Waals surface area (Å²) in [6, 6.07) is 2.72. The number of phenolic OH excluding ortho intramolecular Hbond substituents is 1. The molecule has 0 bridgehead atoms. The smallest absolute Gasteiger partial charge is 0.312 e. The Hall–Kier alpha value is -1.14. The van der Waals surface area contributed by atoms with Crippen LogP contribution in [0, 0.1) is 10.1 Å². The molecule has 1 aliphatic rings. The molecule has 0 aromatic heterocycles. The Kier molecular flexibility index (Phi) is 2.20. The molecule has 0 radical (unpaired) electrons. The van der Waals surface area contributed by atoms with Crippen molar-refractivity contribution in [2.24, 2.45) is 0 Å². The number of hydrogen-bond donors (Lipinski definition) is 2. The summed E-state index contributed by atoms with van der Waals surface area (Å²) >= 11 is 3.02. The van der Waals surface area contributed by atoms with Crippen molar-refractivity contribution in [3.8, 4) is 5.75 Å². The summed E-state index contributed by atoms with van der Waals surface area (Å²) in [5.74, 6) is -0.409. The van der Waals surface area contributed by atoms with E-state index in [2.05, 4.69) is 15.9 Å². The lowest BCUT2D eigenvalue weighted by atomic mass is 10.1. The number of nitro benzene ring substituents is 1. The first-order valence-corrected chi connectivity index (χ1v) is 5.13. The van der Waals surface area contributed by atoms with E-state index in [-0.39, 0.29) is 10.2 Å². The van der Waals surface area contributed by atoms with Crippen LogP contribution in [0.15, 0.2) is 16.6 Å². The number of phenols is 1. The van der Waals surface area contributed by atoms with Crippen LogP contribution in [0.25, 0.3) is 0 Å². The minimum Gasteiger partial charge on any atom is -0.501 e. The second-order valence-corrected chi connectivity index (χ2v) is 4.47. The van der Waals surface area contributed by atoms with Crippen molar-refractivity contribution in [3.63, 3.8) is 0 Å². The number of aromatic hydroxyl groups is 1. The maximum Gasteiger partial charge on any atom is 0.312 e. The van der Waals surface area contributed by atoms with Gasteiger partial charge in [-0.15, -0.1) is 0 Å². The van der Waals surface area contributed by atoms with Crippen LogP contribution in [0.3, 0.4) is 0 Å². The molecule has 0 amide bonds. The topological polar surface area (TPSA) is 83.6 Å². The Morgan fingerprint density at radius 1 is 1.47 bits per heavy atom. The van der Waals surface area contributed by atoms with Crippen molar-refractivity contribution >= 4 is 21.6 Å². The van der Waals surface area contributed by atoms with Crippen LogP contribution in [0.5, 0.6) is 5.75 Å². The van der Waals surface area contributed by atoms with E-state index in [1.54, 1.807) is 0 Å². The van der Waals surface area contributed by atoms with Gasteiger partial charge in [-0.1, -0.05) is 0 Å². The molecule has 1 fully saturated rings. The van der Waals surface area contributed by atoms with Crippen LogP contribution in [-0.2, 0) is 5.60 Å². The molecule has 2 N–H and O–H groups in total. The molecule has 2 rings (SSSR count). The highest BCUT2D eigenvalue weighted by atomic mass is 79.9. The Morgan fingerprint density at radius 3 is 2.53 bits per heavy atom. The fraction of sp³-hybridized carbons (Fsp3) is 0.333. The van der Waals surface area contributed by atoms with Gasteiger partial charge in [-0.25, -0.2) is 0 Å². The lowest BCUT2D eigenvalue weighted by Gasteiger charge is -2.09. The molecule has 0 saturated heterocycles. The number of aliphatic hydroxyl groups is 1. The first kappa shape index (κ1) is 10.4. The van der Waals surface area contributed by atoms with Crippen LogP contribution in [-0.4, -0.2) is 15.1 Å². The van der Waals surface area contributed by atoms with Gasteiger partial charge >= 0.3 is 5.69 Å². The van der Waals surface area contributed by atoms with Crippen molar-refractivity contribution in [2.45, 2.75) is 18.4 Å². The average Bonchev–Trinajstić information content (AvgIpc) is 2.89. The number of hydrogen-bond acceptors (Lipinski definition) is 4. The van der Waals surface area contributed by atoms with E-state index >= 15 is 0 Å². The van der Waals surface area contributed by atoms with E-state index in [4.69, 9.17) is 0 Å². The second-order valence-electron chi connectivity index (χ2n) is 3.61. The van der Waals surface area contributed by atoms with Crippen LogP contribution in [0.1, 0.15) is 18.4 Å². The predicted molar refractivity (Wildman–Crippen MR) is 55.6 cm³/mol. The molecule has 0 aliphatic heterocycles. The van der Waals surface area contributed by atoms with Gasteiger partial charge in [0.1, 0.15) is 0 Å². The van der Waals surface area contributed by atoms with E-state index < -0.39 is 16.3 Å². The fourth-order valence-electron chi connectivity index (χ4n) is 1.40. The Balaban J connectivity index is 2.56. The third-order valence-corrected chi connectivity index (χ3v) is 3.11. The standard InChI is InChI=1S/C9H8BrNO4/c10-6-3-5(9(13)1-2-9)4-7(8(6)12)11(14)15/h3-4,12-13H,1-2H2. The third kappa shape index (κ3) is 1.70. The summed E-state index contributed by atoms with van der Waals surface area (Å²) in [4.78, 5) is 9.95. The van der Waals surface area contributed by atoms with Gasteiger partial charge in [0.05, 0.1) is 15.0 Å². The van der Waals surface area contributed by atoms with Crippen molar-refractivity contribution in [1.82, 2.24) is 0 Å². The molecule has 1 aromatic carbocycles. The minimum atomic E-state index is -0.943. The number of nitro groups is 1. The van der Waals surface area contributed by atoms with Gasteiger partial charge in [0, 0.05) is 6.07 Å². The van der Waals surface area contributed by atoms with Crippen molar-refractivity contribution in [1.29, 1.82) is 0 Å². The molecule has 1 saturated carbocycles. The van der Waals surface area contributed by atoms with Crippen LogP contribution in [0.4, 0.5) is 5.69 Å². The monoisotopic (exact) mass is 273 g/mol. The SMILES string of the molecule is O=[N+]([O-])c1cc(C2(O)CC2)cc(Br)c1O. The highest BCUT2D eigenvalue weighted by molar-refractivity contribution is 9.10. The van der Waals surface area contributed by atoms with Gasteiger partial charge < -0.3 is 10.2 Å². The summed E-state index contributed by atoms with van der Waals surface area (Å²) in [5, 5.41) is 29.8. The number of halogens is 1. The first-order valence-electron chi connectivity index (χ1n) is 4.34. The maximum absolute atomic E-state index is 10.6. The zero-order chi connectivity index (χ0) is 11.2.